The Morgan fingerprint density at radius 1 is 1.17 bits per heavy atom. The molecule has 24 heavy (non-hydrogen) atoms. The van der Waals surface area contributed by atoms with Crippen molar-refractivity contribution in [2.75, 3.05) is 4.90 Å². The number of carbonyl (C=O) groups is 1. The summed E-state index contributed by atoms with van der Waals surface area (Å²) in [6.45, 7) is 2.50. The predicted molar refractivity (Wildman–Crippen MR) is 87.9 cm³/mol. The van der Waals surface area contributed by atoms with E-state index in [0.717, 1.165) is 10.5 Å². The summed E-state index contributed by atoms with van der Waals surface area (Å²) in [4.78, 5) is 17.2. The van der Waals surface area contributed by atoms with Crippen molar-refractivity contribution in [3.63, 3.8) is 0 Å². The molecule has 0 unspecified atom stereocenters. The zero-order valence-corrected chi connectivity index (χ0v) is 13.7. The molecular formula is C17H19F2N3O2. The zero-order valence-electron chi connectivity index (χ0n) is 13.7. The number of nitrogens with two attached hydrogens (primary N) is 1. The summed E-state index contributed by atoms with van der Waals surface area (Å²) >= 11 is 0. The second-order valence-corrected chi connectivity index (χ2v) is 5.54. The lowest BCUT2D eigenvalue weighted by Gasteiger charge is -2.26. The van der Waals surface area contributed by atoms with Crippen molar-refractivity contribution < 1.29 is 18.3 Å². The van der Waals surface area contributed by atoms with Gasteiger partial charge in [0, 0.05) is 5.69 Å². The third-order valence-electron chi connectivity index (χ3n) is 3.44. The number of anilines is 2. The fourth-order valence-corrected chi connectivity index (χ4v) is 2.41. The molecule has 0 saturated carbocycles. The third-order valence-corrected chi connectivity index (χ3v) is 3.44. The van der Waals surface area contributed by atoms with Crippen molar-refractivity contribution in [3.05, 3.63) is 47.7 Å². The third kappa shape index (κ3) is 3.79. The molecule has 0 atom stereocenters. The molecule has 128 valence electrons. The van der Waals surface area contributed by atoms with Gasteiger partial charge in [0.15, 0.2) is 0 Å². The maximum Gasteiger partial charge on any atom is 0.388 e. The quantitative estimate of drug-likeness (QED) is 0.884. The minimum Gasteiger partial charge on any atom is -0.415 e. The van der Waals surface area contributed by atoms with Gasteiger partial charge in [0.25, 0.3) is 0 Å². The van der Waals surface area contributed by atoms with Crippen LogP contribution in [-0.2, 0) is 0 Å². The Bertz CT molecular complexity index is 736. The molecule has 1 heterocycles. The minimum atomic E-state index is -3.06. The molecule has 0 aliphatic carbocycles. The number of para-hydroxylation sites is 1. The van der Waals surface area contributed by atoms with E-state index in [-0.39, 0.29) is 17.5 Å². The first kappa shape index (κ1) is 17.7. The summed E-state index contributed by atoms with van der Waals surface area (Å²) in [7, 11) is 0. The van der Waals surface area contributed by atoms with E-state index < -0.39 is 12.6 Å². The largest absolute Gasteiger partial charge is 0.415 e. The Morgan fingerprint density at radius 3 is 2.42 bits per heavy atom. The highest BCUT2D eigenvalue weighted by atomic mass is 19.3. The Balaban J connectivity index is 2.64. The topological polar surface area (TPSA) is 68.5 Å². The highest BCUT2D eigenvalue weighted by Gasteiger charge is 2.25. The number of hydrogen-bond acceptors (Lipinski definition) is 3. The number of primary amides is 1. The normalized spacial score (nSPS) is 11.0. The van der Waals surface area contributed by atoms with Crippen LogP contribution in [-0.4, -0.2) is 17.6 Å². The molecule has 0 aliphatic heterocycles. The molecule has 0 bridgehead atoms. The smallest absolute Gasteiger partial charge is 0.388 e. The first-order chi connectivity index (χ1) is 11.3. The van der Waals surface area contributed by atoms with Crippen LogP contribution in [0.3, 0.4) is 0 Å². The van der Waals surface area contributed by atoms with Crippen LogP contribution < -0.4 is 15.4 Å². The number of ether oxygens (including phenoxy) is 1. The molecule has 0 fully saturated rings. The summed E-state index contributed by atoms with van der Waals surface area (Å²) in [5.74, 6) is -0.247. The first-order valence-electron chi connectivity index (χ1n) is 7.42. The van der Waals surface area contributed by atoms with Gasteiger partial charge in [-0.2, -0.15) is 8.78 Å². The molecule has 2 N–H and O–H groups in total. The number of amides is 2. The Kier molecular flexibility index (Phi) is 5.33. The maximum atomic E-state index is 12.7. The number of hydrogen-bond donors (Lipinski definition) is 1. The fourth-order valence-electron chi connectivity index (χ4n) is 2.41. The van der Waals surface area contributed by atoms with Crippen molar-refractivity contribution in [2.24, 2.45) is 5.73 Å². The van der Waals surface area contributed by atoms with Crippen molar-refractivity contribution in [2.45, 2.75) is 33.3 Å². The molecule has 0 saturated heterocycles. The second-order valence-electron chi connectivity index (χ2n) is 5.54. The van der Waals surface area contributed by atoms with Gasteiger partial charge in [-0.3, -0.25) is 4.90 Å². The fraction of sp³-hybridized carbons (Fsp3) is 0.294. The van der Waals surface area contributed by atoms with Crippen LogP contribution in [0.1, 0.15) is 31.0 Å². The highest BCUT2D eigenvalue weighted by Crippen LogP contribution is 2.37. The molecule has 2 aromatic rings. The number of carbonyl (C=O) groups excluding carboxylic acids is 1. The van der Waals surface area contributed by atoms with Gasteiger partial charge >= 0.3 is 12.6 Å². The van der Waals surface area contributed by atoms with Gasteiger partial charge in [-0.25, -0.2) is 9.78 Å². The van der Waals surface area contributed by atoms with Crippen molar-refractivity contribution >= 4 is 17.4 Å². The standard InChI is InChI=1S/C17H19F2N3O2/c1-10(2)12-6-4-5-7-13(12)22(17(20)23)14-9-8-11(3)21-15(14)24-16(18)19/h4-10,16H,1-3H3,(H2,20,23). The van der Waals surface area contributed by atoms with Gasteiger partial charge < -0.3 is 10.5 Å². The summed E-state index contributed by atoms with van der Waals surface area (Å²) in [5.41, 5.74) is 7.43. The van der Waals surface area contributed by atoms with Crippen LogP contribution in [0.25, 0.3) is 0 Å². The number of urea groups is 1. The van der Waals surface area contributed by atoms with Crippen LogP contribution in [0.4, 0.5) is 25.0 Å². The Morgan fingerprint density at radius 2 is 1.83 bits per heavy atom. The van der Waals surface area contributed by atoms with Gasteiger partial charge in [-0.15, -0.1) is 0 Å². The lowest BCUT2D eigenvalue weighted by molar-refractivity contribution is -0.0524. The van der Waals surface area contributed by atoms with E-state index in [0.29, 0.717) is 11.4 Å². The van der Waals surface area contributed by atoms with Crippen LogP contribution >= 0.6 is 0 Å². The van der Waals surface area contributed by atoms with Crippen molar-refractivity contribution in [1.82, 2.24) is 4.98 Å². The predicted octanol–water partition coefficient (Wildman–Crippen LogP) is 4.33. The Hall–Kier alpha value is -2.70. The van der Waals surface area contributed by atoms with E-state index in [1.165, 1.54) is 6.07 Å². The van der Waals surface area contributed by atoms with Gasteiger partial charge in [-0.05, 0) is 36.6 Å². The van der Waals surface area contributed by atoms with Crippen LogP contribution in [0.5, 0.6) is 5.88 Å². The van der Waals surface area contributed by atoms with E-state index in [9.17, 15) is 13.6 Å². The van der Waals surface area contributed by atoms with E-state index in [1.807, 2.05) is 26.0 Å². The molecule has 0 radical (unpaired) electrons. The number of aromatic nitrogens is 1. The van der Waals surface area contributed by atoms with E-state index >= 15 is 0 Å². The van der Waals surface area contributed by atoms with Crippen molar-refractivity contribution in [1.29, 1.82) is 0 Å². The molecule has 1 aromatic carbocycles. The first-order valence-corrected chi connectivity index (χ1v) is 7.42. The summed E-state index contributed by atoms with van der Waals surface area (Å²) in [5, 5.41) is 0. The Labute approximate surface area is 139 Å². The molecule has 7 heteroatoms. The number of halogens is 2. The number of aryl methyl sites for hydroxylation is 1. The zero-order chi connectivity index (χ0) is 17.9. The number of alkyl halides is 2. The van der Waals surface area contributed by atoms with E-state index in [1.54, 1.807) is 25.1 Å². The molecular weight excluding hydrogens is 316 g/mol. The van der Waals surface area contributed by atoms with Gasteiger partial charge in [0.05, 0.1) is 5.69 Å². The average molecular weight is 335 g/mol. The molecule has 1 aromatic heterocycles. The molecule has 5 nitrogen and oxygen atoms in total. The number of benzene rings is 1. The monoisotopic (exact) mass is 335 g/mol. The average Bonchev–Trinajstić information content (AvgIpc) is 2.49. The summed E-state index contributed by atoms with van der Waals surface area (Å²) in [6, 6.07) is 9.41. The van der Waals surface area contributed by atoms with Gasteiger partial charge in [0.2, 0.25) is 5.88 Å². The van der Waals surface area contributed by atoms with Gasteiger partial charge in [0.1, 0.15) is 5.69 Å². The lowest BCUT2D eigenvalue weighted by atomic mass is 10.0. The molecule has 2 amide bonds. The van der Waals surface area contributed by atoms with E-state index in [4.69, 9.17) is 5.73 Å². The van der Waals surface area contributed by atoms with E-state index in [2.05, 4.69) is 9.72 Å². The number of rotatable bonds is 5. The maximum absolute atomic E-state index is 12.7. The summed E-state index contributed by atoms with van der Waals surface area (Å²) < 4.78 is 29.9. The molecule has 2 rings (SSSR count). The second kappa shape index (κ2) is 7.25. The van der Waals surface area contributed by atoms with Crippen LogP contribution in [0.15, 0.2) is 36.4 Å². The molecule has 0 aliphatic rings. The van der Waals surface area contributed by atoms with Crippen LogP contribution in [0.2, 0.25) is 0 Å². The number of nitrogens with zero attached hydrogens (tertiary/aromatic N) is 2. The van der Waals surface area contributed by atoms with Crippen molar-refractivity contribution in [3.8, 4) is 5.88 Å². The molecule has 0 spiro atoms. The SMILES string of the molecule is Cc1ccc(N(C(N)=O)c2ccccc2C(C)C)c(OC(F)F)n1. The lowest BCUT2D eigenvalue weighted by Crippen LogP contribution is -2.33. The summed E-state index contributed by atoms with van der Waals surface area (Å²) in [6.07, 6.45) is 0. The van der Waals surface area contributed by atoms with Crippen LogP contribution in [0, 0.1) is 6.92 Å². The minimum absolute atomic E-state index is 0.0708. The van der Waals surface area contributed by atoms with Gasteiger partial charge in [-0.1, -0.05) is 32.0 Å². The number of pyridine rings is 1. The highest BCUT2D eigenvalue weighted by molar-refractivity contribution is 6.00.